The molecule has 2 aromatic rings. The number of amides is 1. The minimum atomic E-state index is -0.382. The van der Waals surface area contributed by atoms with Gasteiger partial charge in [-0.05, 0) is 30.4 Å². The van der Waals surface area contributed by atoms with Crippen molar-refractivity contribution in [3.63, 3.8) is 0 Å². The van der Waals surface area contributed by atoms with Crippen molar-refractivity contribution in [2.75, 3.05) is 6.54 Å². The molecule has 2 aromatic heterocycles. The van der Waals surface area contributed by atoms with Crippen LogP contribution in [0.3, 0.4) is 0 Å². The van der Waals surface area contributed by atoms with Crippen LogP contribution in [-0.2, 0) is 11.3 Å². The average Bonchev–Trinajstić information content (AvgIpc) is 3.11. The van der Waals surface area contributed by atoms with Gasteiger partial charge in [-0.1, -0.05) is 6.07 Å². The minimum absolute atomic E-state index is 0.0176. The fraction of sp³-hybridized carbons (Fsp3) is 0.357. The van der Waals surface area contributed by atoms with E-state index in [2.05, 4.69) is 11.1 Å². The molecule has 0 unspecified atom stereocenters. The molecule has 0 aliphatic carbocycles. The zero-order chi connectivity index (χ0) is 13.9. The van der Waals surface area contributed by atoms with Crippen molar-refractivity contribution in [1.29, 1.82) is 0 Å². The van der Waals surface area contributed by atoms with E-state index in [1.807, 2.05) is 16.3 Å². The molecule has 5 nitrogen and oxygen atoms in total. The third-order valence-electron chi connectivity index (χ3n) is 3.53. The van der Waals surface area contributed by atoms with Crippen LogP contribution in [-0.4, -0.2) is 26.9 Å². The first kappa shape index (κ1) is 13.1. The van der Waals surface area contributed by atoms with Crippen LogP contribution < -0.4 is 5.69 Å². The fourth-order valence-corrected chi connectivity index (χ4v) is 3.46. The fourth-order valence-electron chi connectivity index (χ4n) is 2.59. The Hall–Kier alpha value is -1.95. The summed E-state index contributed by atoms with van der Waals surface area (Å²) in [6.45, 7) is 0.824. The van der Waals surface area contributed by atoms with Gasteiger partial charge in [0.1, 0.15) is 6.54 Å². The van der Waals surface area contributed by atoms with Crippen molar-refractivity contribution >= 4 is 17.2 Å². The number of aromatic nitrogens is 2. The van der Waals surface area contributed by atoms with Gasteiger partial charge in [0, 0.05) is 23.8 Å². The molecule has 6 heteroatoms. The van der Waals surface area contributed by atoms with Crippen LogP contribution in [0.15, 0.2) is 40.8 Å². The van der Waals surface area contributed by atoms with Crippen LogP contribution in [0.25, 0.3) is 0 Å². The lowest BCUT2D eigenvalue weighted by molar-refractivity contribution is -0.132. The lowest BCUT2D eigenvalue weighted by atomic mass is 10.2. The molecule has 104 valence electrons. The maximum absolute atomic E-state index is 12.4. The molecule has 1 atom stereocenters. The van der Waals surface area contributed by atoms with Gasteiger partial charge in [0.2, 0.25) is 5.91 Å². The van der Waals surface area contributed by atoms with E-state index in [0.29, 0.717) is 0 Å². The van der Waals surface area contributed by atoms with E-state index in [0.717, 1.165) is 19.4 Å². The second kappa shape index (κ2) is 5.58. The Kier molecular flexibility index (Phi) is 3.64. The molecule has 20 heavy (non-hydrogen) atoms. The Balaban J connectivity index is 1.77. The number of likely N-dealkylation sites (tertiary alicyclic amines) is 1. The van der Waals surface area contributed by atoms with Crippen LogP contribution in [0.4, 0.5) is 0 Å². The maximum atomic E-state index is 12.4. The van der Waals surface area contributed by atoms with Crippen molar-refractivity contribution in [3.8, 4) is 0 Å². The number of rotatable bonds is 3. The molecule has 1 fully saturated rings. The maximum Gasteiger partial charge on any atom is 0.347 e. The summed E-state index contributed by atoms with van der Waals surface area (Å²) in [4.78, 5) is 30.7. The van der Waals surface area contributed by atoms with E-state index in [1.165, 1.54) is 15.6 Å². The molecule has 0 spiro atoms. The van der Waals surface area contributed by atoms with Gasteiger partial charge in [-0.3, -0.25) is 9.36 Å². The first-order chi connectivity index (χ1) is 9.75. The summed E-state index contributed by atoms with van der Waals surface area (Å²) in [6.07, 6.45) is 5.04. The van der Waals surface area contributed by atoms with Gasteiger partial charge >= 0.3 is 5.69 Å². The summed E-state index contributed by atoms with van der Waals surface area (Å²) in [5.74, 6) is -0.0176. The van der Waals surface area contributed by atoms with Gasteiger partial charge in [-0.25, -0.2) is 9.78 Å². The third kappa shape index (κ3) is 2.51. The highest BCUT2D eigenvalue weighted by molar-refractivity contribution is 7.10. The number of hydrogen-bond donors (Lipinski definition) is 0. The Labute approximate surface area is 120 Å². The molecule has 0 saturated carbocycles. The molecule has 0 bridgehead atoms. The van der Waals surface area contributed by atoms with E-state index < -0.39 is 0 Å². The molecular formula is C14H15N3O2S. The molecule has 0 aromatic carbocycles. The first-order valence-electron chi connectivity index (χ1n) is 6.60. The van der Waals surface area contributed by atoms with Crippen molar-refractivity contribution < 1.29 is 4.79 Å². The Morgan fingerprint density at radius 2 is 2.35 bits per heavy atom. The van der Waals surface area contributed by atoms with Gasteiger partial charge in [0.05, 0.1) is 6.04 Å². The molecule has 0 N–H and O–H groups in total. The van der Waals surface area contributed by atoms with Crippen molar-refractivity contribution in [1.82, 2.24) is 14.5 Å². The molecular weight excluding hydrogens is 274 g/mol. The smallest absolute Gasteiger partial charge is 0.333 e. The third-order valence-corrected chi connectivity index (χ3v) is 4.51. The van der Waals surface area contributed by atoms with Crippen LogP contribution in [0.1, 0.15) is 23.8 Å². The summed E-state index contributed by atoms with van der Waals surface area (Å²) < 4.78 is 1.35. The second-order valence-electron chi connectivity index (χ2n) is 4.79. The zero-order valence-corrected chi connectivity index (χ0v) is 11.8. The second-order valence-corrected chi connectivity index (χ2v) is 5.77. The van der Waals surface area contributed by atoms with E-state index in [1.54, 1.807) is 23.6 Å². The zero-order valence-electron chi connectivity index (χ0n) is 10.9. The monoisotopic (exact) mass is 289 g/mol. The summed E-state index contributed by atoms with van der Waals surface area (Å²) in [5, 5.41) is 2.03. The molecule has 1 saturated heterocycles. The normalized spacial score (nSPS) is 18.4. The lowest BCUT2D eigenvalue weighted by Gasteiger charge is -2.24. The van der Waals surface area contributed by atoms with Gasteiger partial charge in [-0.15, -0.1) is 11.3 Å². The molecule has 3 rings (SSSR count). The average molecular weight is 289 g/mol. The van der Waals surface area contributed by atoms with Crippen molar-refractivity contribution in [2.24, 2.45) is 0 Å². The van der Waals surface area contributed by atoms with Gasteiger partial charge in [0.15, 0.2) is 0 Å². The van der Waals surface area contributed by atoms with E-state index in [4.69, 9.17) is 0 Å². The highest BCUT2D eigenvalue weighted by Gasteiger charge is 2.30. The van der Waals surface area contributed by atoms with E-state index in [9.17, 15) is 9.59 Å². The number of hydrogen-bond acceptors (Lipinski definition) is 4. The molecule has 1 aliphatic rings. The topological polar surface area (TPSA) is 55.2 Å². The van der Waals surface area contributed by atoms with Crippen molar-refractivity contribution in [3.05, 3.63) is 51.3 Å². The van der Waals surface area contributed by atoms with Crippen LogP contribution in [0.5, 0.6) is 0 Å². The Bertz CT molecular complexity index is 650. The summed E-state index contributed by atoms with van der Waals surface area (Å²) in [5.41, 5.74) is -0.382. The highest BCUT2D eigenvalue weighted by Crippen LogP contribution is 2.34. The van der Waals surface area contributed by atoms with Gasteiger partial charge < -0.3 is 4.90 Å². The lowest BCUT2D eigenvalue weighted by Crippen LogP contribution is -2.36. The number of nitrogens with zero attached hydrogens (tertiary/aromatic N) is 3. The highest BCUT2D eigenvalue weighted by atomic mass is 32.1. The Morgan fingerprint density at radius 1 is 1.45 bits per heavy atom. The largest absolute Gasteiger partial charge is 0.347 e. The number of carbonyl (C=O) groups is 1. The van der Waals surface area contributed by atoms with Gasteiger partial charge in [-0.2, -0.15) is 0 Å². The first-order valence-corrected chi connectivity index (χ1v) is 7.48. The molecule has 0 radical (unpaired) electrons. The quantitative estimate of drug-likeness (QED) is 0.863. The summed E-state index contributed by atoms with van der Waals surface area (Å²) >= 11 is 1.68. The summed E-state index contributed by atoms with van der Waals surface area (Å²) in [7, 11) is 0. The molecule has 1 amide bonds. The molecule has 1 aliphatic heterocycles. The van der Waals surface area contributed by atoms with E-state index in [-0.39, 0.29) is 24.2 Å². The van der Waals surface area contributed by atoms with Crippen LogP contribution >= 0.6 is 11.3 Å². The van der Waals surface area contributed by atoms with Crippen LogP contribution in [0.2, 0.25) is 0 Å². The number of thiophene rings is 1. The predicted molar refractivity (Wildman–Crippen MR) is 76.5 cm³/mol. The van der Waals surface area contributed by atoms with Crippen molar-refractivity contribution in [2.45, 2.75) is 25.4 Å². The standard InChI is InChI=1S/C14H15N3O2S/c18-13(10-16-7-3-6-15-14(16)19)17-8-1-4-11(17)12-5-2-9-20-12/h2-3,5-7,9,11H,1,4,8,10H2/t11-/m0/s1. The number of carbonyl (C=O) groups excluding carboxylic acids is 1. The predicted octanol–water partition coefficient (Wildman–Crippen LogP) is 1.67. The Morgan fingerprint density at radius 3 is 3.10 bits per heavy atom. The SMILES string of the molecule is O=C(Cn1cccnc1=O)N1CCC[C@H]1c1cccs1. The van der Waals surface area contributed by atoms with E-state index >= 15 is 0 Å². The minimum Gasteiger partial charge on any atom is -0.333 e. The van der Waals surface area contributed by atoms with Gasteiger partial charge in [0.25, 0.3) is 0 Å². The molecule has 3 heterocycles. The summed E-state index contributed by atoms with van der Waals surface area (Å²) in [6, 6.07) is 5.90. The van der Waals surface area contributed by atoms with Crippen LogP contribution in [0, 0.1) is 0 Å².